The average Bonchev–Trinajstić information content (AvgIpc) is 3.47. The van der Waals surface area contributed by atoms with Crippen molar-refractivity contribution in [3.63, 3.8) is 0 Å². The van der Waals surface area contributed by atoms with Crippen LogP contribution in [0.15, 0.2) is 273 Å². The summed E-state index contributed by atoms with van der Waals surface area (Å²) < 4.78 is 0. The van der Waals surface area contributed by atoms with Crippen LogP contribution < -0.4 is 0 Å². The summed E-state index contributed by atoms with van der Waals surface area (Å²) in [6.07, 6.45) is 0. The van der Waals surface area contributed by atoms with Crippen LogP contribution in [0, 0.1) is 0 Å². The van der Waals surface area contributed by atoms with Gasteiger partial charge >= 0.3 is 0 Å². The Labute approximate surface area is 419 Å². The van der Waals surface area contributed by atoms with E-state index in [1.807, 2.05) is 6.07 Å². The lowest BCUT2D eigenvalue weighted by Gasteiger charge is -2.23. The molecule has 13 aromatic rings. The van der Waals surface area contributed by atoms with E-state index in [0.29, 0.717) is 5.82 Å². The minimum atomic E-state index is 0.656. The third-order valence-corrected chi connectivity index (χ3v) is 13.9. The predicted octanol–water partition coefficient (Wildman–Crippen LogP) is 18.3. The molecule has 0 saturated carbocycles. The maximum Gasteiger partial charge on any atom is 0.160 e. The first-order valence-corrected chi connectivity index (χ1v) is 24.5. The first kappa shape index (κ1) is 42.5. The summed E-state index contributed by atoms with van der Waals surface area (Å²) in [5, 5.41) is 7.58. The molecular formula is C69H45N3. The van der Waals surface area contributed by atoms with Crippen molar-refractivity contribution in [3.8, 4) is 101 Å². The van der Waals surface area contributed by atoms with Gasteiger partial charge in [-0.2, -0.15) is 0 Å². The molecule has 0 aliphatic heterocycles. The first-order valence-electron chi connectivity index (χ1n) is 24.5. The van der Waals surface area contributed by atoms with Gasteiger partial charge in [0.15, 0.2) is 5.82 Å². The van der Waals surface area contributed by atoms with E-state index in [0.717, 1.165) is 95.1 Å². The molecule has 336 valence electrons. The van der Waals surface area contributed by atoms with Crippen molar-refractivity contribution in [2.75, 3.05) is 0 Å². The Morgan fingerprint density at radius 2 is 0.528 bits per heavy atom. The highest BCUT2D eigenvalue weighted by atomic mass is 14.9. The van der Waals surface area contributed by atoms with Crippen LogP contribution in [0.5, 0.6) is 0 Å². The van der Waals surface area contributed by atoms with Crippen molar-refractivity contribution in [2.24, 2.45) is 0 Å². The van der Waals surface area contributed by atoms with E-state index in [9.17, 15) is 0 Å². The zero-order chi connectivity index (χ0) is 47.8. The average molecular weight is 916 g/mol. The van der Waals surface area contributed by atoms with Crippen LogP contribution in [-0.4, -0.2) is 15.0 Å². The van der Waals surface area contributed by atoms with E-state index < -0.39 is 0 Å². The Hall–Kier alpha value is -9.57. The maximum atomic E-state index is 5.64. The van der Waals surface area contributed by atoms with Crippen LogP contribution in [0.4, 0.5) is 0 Å². The molecule has 3 nitrogen and oxygen atoms in total. The van der Waals surface area contributed by atoms with Gasteiger partial charge in [-0.05, 0) is 78.3 Å². The molecule has 0 unspecified atom stereocenters. The predicted molar refractivity (Wildman–Crippen MR) is 301 cm³/mol. The summed E-state index contributed by atoms with van der Waals surface area (Å²) >= 11 is 0. The lowest BCUT2D eigenvalue weighted by atomic mass is 9.83. The molecule has 0 N–H and O–H groups in total. The molecule has 0 bridgehead atoms. The second kappa shape index (κ2) is 18.4. The van der Waals surface area contributed by atoms with Gasteiger partial charge in [-0.3, -0.25) is 0 Å². The Morgan fingerprint density at radius 3 is 1.04 bits per heavy atom. The maximum absolute atomic E-state index is 5.64. The summed E-state index contributed by atoms with van der Waals surface area (Å²) in [6.45, 7) is 0. The fraction of sp³-hybridized carbons (Fsp3) is 0. The van der Waals surface area contributed by atoms with Gasteiger partial charge in [0, 0.05) is 44.5 Å². The van der Waals surface area contributed by atoms with Crippen LogP contribution in [0.3, 0.4) is 0 Å². The fourth-order valence-electron chi connectivity index (χ4n) is 10.5. The molecule has 3 heteroatoms. The second-order valence-electron chi connectivity index (χ2n) is 18.2. The van der Waals surface area contributed by atoms with Crippen molar-refractivity contribution >= 4 is 32.3 Å². The number of aromatic nitrogens is 3. The smallest absolute Gasteiger partial charge is 0.160 e. The van der Waals surface area contributed by atoms with Crippen LogP contribution in [0.2, 0.25) is 0 Å². The number of pyridine rings is 1. The molecule has 0 fully saturated rings. The lowest BCUT2D eigenvalue weighted by molar-refractivity contribution is 1.18. The zero-order valence-electron chi connectivity index (χ0n) is 39.3. The van der Waals surface area contributed by atoms with E-state index in [4.69, 9.17) is 15.0 Å². The first-order chi connectivity index (χ1) is 35.7. The van der Waals surface area contributed by atoms with E-state index in [1.165, 1.54) is 32.3 Å². The molecule has 0 aliphatic carbocycles. The molecule has 2 aromatic heterocycles. The second-order valence-corrected chi connectivity index (χ2v) is 18.2. The standard InChI is InChI=1S/C69H45N3/c1-6-21-46(22-7-1)62-45-63(55-32-20-31-53(43-55)54-41-42-60-58-35-17-16-33-56(58)57-34-18-19-36-59(57)61(60)44-54)71-69(70-62)52-39-37-49(38-40-52)64-65(47-23-8-2-9-24-47)67(50-27-12-4-13-28-50)72-68(51-29-14-5-15-30-51)66(64)48-25-10-3-11-26-48/h1-45H. The highest BCUT2D eigenvalue weighted by Crippen LogP contribution is 2.49. The molecule has 72 heavy (non-hydrogen) atoms. The van der Waals surface area contributed by atoms with Gasteiger partial charge in [-0.25, -0.2) is 15.0 Å². The van der Waals surface area contributed by atoms with Gasteiger partial charge in [-0.15, -0.1) is 0 Å². The molecule has 0 aliphatic rings. The van der Waals surface area contributed by atoms with Gasteiger partial charge < -0.3 is 0 Å². The van der Waals surface area contributed by atoms with Crippen molar-refractivity contribution in [1.82, 2.24) is 15.0 Å². The van der Waals surface area contributed by atoms with Gasteiger partial charge in [-0.1, -0.05) is 255 Å². The molecule has 13 rings (SSSR count). The SMILES string of the molecule is c1ccc(-c2cc(-c3cccc(-c4ccc5c6ccccc6c6ccccc6c5c4)c3)nc(-c3ccc(-c4c(-c5ccccc5)c(-c5ccccc5)nc(-c5ccccc5)c4-c4ccccc4)cc3)n2)cc1. The van der Waals surface area contributed by atoms with Crippen molar-refractivity contribution < 1.29 is 0 Å². The van der Waals surface area contributed by atoms with Crippen LogP contribution in [0.25, 0.3) is 133 Å². The number of benzene rings is 11. The summed E-state index contributed by atoms with van der Waals surface area (Å²) in [6, 6.07) is 97.0. The molecule has 2 heterocycles. The number of hydrogen-bond donors (Lipinski definition) is 0. The highest BCUT2D eigenvalue weighted by Gasteiger charge is 2.25. The molecule has 0 amide bonds. The van der Waals surface area contributed by atoms with Crippen LogP contribution in [0.1, 0.15) is 0 Å². The molecule has 11 aromatic carbocycles. The largest absolute Gasteiger partial charge is 0.246 e. The molecule has 0 atom stereocenters. The molecule has 0 radical (unpaired) electrons. The molecule has 0 saturated heterocycles. The van der Waals surface area contributed by atoms with Gasteiger partial charge in [0.25, 0.3) is 0 Å². The third-order valence-electron chi connectivity index (χ3n) is 13.9. The van der Waals surface area contributed by atoms with Gasteiger partial charge in [0.05, 0.1) is 22.8 Å². The number of fused-ring (bicyclic) bond motifs is 6. The van der Waals surface area contributed by atoms with E-state index in [1.54, 1.807) is 0 Å². The summed E-state index contributed by atoms with van der Waals surface area (Å²) in [7, 11) is 0. The summed E-state index contributed by atoms with van der Waals surface area (Å²) in [5.41, 5.74) is 17.4. The monoisotopic (exact) mass is 915 g/mol. The van der Waals surface area contributed by atoms with E-state index in [-0.39, 0.29) is 0 Å². The van der Waals surface area contributed by atoms with E-state index in [2.05, 4.69) is 267 Å². The van der Waals surface area contributed by atoms with Crippen molar-refractivity contribution in [3.05, 3.63) is 273 Å². The minimum Gasteiger partial charge on any atom is -0.246 e. The minimum absolute atomic E-state index is 0.656. The van der Waals surface area contributed by atoms with E-state index >= 15 is 0 Å². The molecular weight excluding hydrogens is 871 g/mol. The Kier molecular flexibility index (Phi) is 10.9. The Morgan fingerprint density at radius 1 is 0.181 bits per heavy atom. The zero-order valence-corrected chi connectivity index (χ0v) is 39.3. The normalized spacial score (nSPS) is 11.3. The fourth-order valence-corrected chi connectivity index (χ4v) is 10.5. The molecule has 0 spiro atoms. The number of nitrogens with zero attached hydrogens (tertiary/aromatic N) is 3. The summed E-state index contributed by atoms with van der Waals surface area (Å²) in [5.74, 6) is 0.656. The van der Waals surface area contributed by atoms with Crippen LogP contribution >= 0.6 is 0 Å². The quantitative estimate of drug-likeness (QED) is 0.135. The lowest BCUT2D eigenvalue weighted by Crippen LogP contribution is -2.01. The number of hydrogen-bond acceptors (Lipinski definition) is 3. The third kappa shape index (κ3) is 7.80. The van der Waals surface area contributed by atoms with Gasteiger partial charge in [0.2, 0.25) is 0 Å². The highest BCUT2D eigenvalue weighted by molar-refractivity contribution is 6.25. The summed E-state index contributed by atoms with van der Waals surface area (Å²) in [4.78, 5) is 16.3. The Balaban J connectivity index is 0.975. The Bertz CT molecular complexity index is 3960. The topological polar surface area (TPSA) is 38.7 Å². The van der Waals surface area contributed by atoms with Crippen LogP contribution in [-0.2, 0) is 0 Å². The number of rotatable bonds is 9. The van der Waals surface area contributed by atoms with Crippen molar-refractivity contribution in [1.29, 1.82) is 0 Å². The van der Waals surface area contributed by atoms with Gasteiger partial charge in [0.1, 0.15) is 0 Å². The van der Waals surface area contributed by atoms with Crippen molar-refractivity contribution in [2.45, 2.75) is 0 Å².